The van der Waals surface area contributed by atoms with Crippen LogP contribution in [-0.4, -0.2) is 118 Å². The lowest BCUT2D eigenvalue weighted by Crippen LogP contribution is -2.67. The van der Waals surface area contributed by atoms with Crippen LogP contribution in [0, 0.1) is 0 Å². The molecule has 0 aromatic heterocycles. The zero-order chi connectivity index (χ0) is 20.3. The van der Waals surface area contributed by atoms with Crippen LogP contribution in [0.3, 0.4) is 0 Å². The lowest BCUT2D eigenvalue weighted by molar-refractivity contribution is -0.346. The average Bonchev–Trinajstić information content (AvgIpc) is 2.64. The van der Waals surface area contributed by atoms with Crippen molar-refractivity contribution in [3.05, 3.63) is 0 Å². The average molecular weight is 397 g/mol. The second-order valence-electron chi connectivity index (χ2n) is 6.48. The third kappa shape index (κ3) is 4.74. The van der Waals surface area contributed by atoms with E-state index in [1.807, 2.05) is 0 Å². The summed E-state index contributed by atoms with van der Waals surface area (Å²) in [5, 5.41) is 61.6. The Morgan fingerprint density at radius 3 is 2.04 bits per heavy atom. The number of ether oxygens (including phenoxy) is 4. The van der Waals surface area contributed by atoms with Crippen molar-refractivity contribution >= 4 is 5.91 Å². The third-order valence-corrected chi connectivity index (χ3v) is 4.59. The minimum atomic E-state index is -1.70. The first kappa shape index (κ1) is 22.4. The van der Waals surface area contributed by atoms with Crippen molar-refractivity contribution in [3.63, 3.8) is 0 Å². The van der Waals surface area contributed by atoms with Crippen molar-refractivity contribution in [2.24, 2.45) is 0 Å². The molecule has 0 spiro atoms. The summed E-state index contributed by atoms with van der Waals surface area (Å²) in [6.07, 6.45) is -12.6. The van der Waals surface area contributed by atoms with Gasteiger partial charge in [0.1, 0.15) is 48.8 Å². The molecule has 1 amide bonds. The van der Waals surface area contributed by atoms with Crippen molar-refractivity contribution in [1.29, 1.82) is 0 Å². The summed E-state index contributed by atoms with van der Waals surface area (Å²) in [5.74, 6) is -0.473. The van der Waals surface area contributed by atoms with Gasteiger partial charge in [0.05, 0.1) is 13.2 Å². The minimum absolute atomic E-state index is 0.473. The number of aliphatic hydroxyl groups excluding tert-OH is 6. The molecule has 2 heterocycles. The van der Waals surface area contributed by atoms with E-state index in [2.05, 4.69) is 5.32 Å². The van der Waals surface area contributed by atoms with Gasteiger partial charge in [0.15, 0.2) is 12.6 Å². The monoisotopic (exact) mass is 397 g/mol. The minimum Gasteiger partial charge on any atom is -0.394 e. The second kappa shape index (κ2) is 9.52. The summed E-state index contributed by atoms with van der Waals surface area (Å²) in [6.45, 7) is -0.0188. The molecule has 2 aliphatic rings. The van der Waals surface area contributed by atoms with Crippen LogP contribution in [0.2, 0.25) is 0 Å². The molecular formula is C15H27NO11. The molecule has 0 aromatic carbocycles. The fourth-order valence-electron chi connectivity index (χ4n) is 3.16. The van der Waals surface area contributed by atoms with Gasteiger partial charge in [-0.2, -0.15) is 0 Å². The Morgan fingerprint density at radius 1 is 0.926 bits per heavy atom. The number of methoxy groups -OCH3 is 1. The van der Waals surface area contributed by atoms with Gasteiger partial charge in [-0.15, -0.1) is 0 Å². The predicted octanol–water partition coefficient (Wildman–Crippen LogP) is -4.60. The maximum absolute atomic E-state index is 11.4. The molecule has 12 nitrogen and oxygen atoms in total. The third-order valence-electron chi connectivity index (χ3n) is 4.59. The second-order valence-corrected chi connectivity index (χ2v) is 6.48. The number of nitrogens with one attached hydrogen (secondary N) is 1. The van der Waals surface area contributed by atoms with Crippen molar-refractivity contribution in [1.82, 2.24) is 5.32 Å². The summed E-state index contributed by atoms with van der Waals surface area (Å²) in [6, 6.07) is -1.05. The summed E-state index contributed by atoms with van der Waals surface area (Å²) in [4.78, 5) is 11.4. The van der Waals surface area contributed by atoms with Crippen LogP contribution in [0.15, 0.2) is 0 Å². The maximum atomic E-state index is 11.4. The highest BCUT2D eigenvalue weighted by atomic mass is 16.7. The molecule has 2 aliphatic heterocycles. The molecule has 7 N–H and O–H groups in total. The van der Waals surface area contributed by atoms with Gasteiger partial charge in [-0.05, 0) is 0 Å². The molecule has 2 saturated heterocycles. The van der Waals surface area contributed by atoms with E-state index in [1.54, 1.807) is 0 Å². The van der Waals surface area contributed by atoms with Gasteiger partial charge in [0.2, 0.25) is 5.91 Å². The lowest BCUT2D eigenvalue weighted by atomic mass is 9.95. The van der Waals surface area contributed by atoms with Gasteiger partial charge >= 0.3 is 0 Å². The molecule has 0 unspecified atom stereocenters. The van der Waals surface area contributed by atoms with Crippen LogP contribution in [-0.2, 0) is 23.7 Å². The largest absolute Gasteiger partial charge is 0.394 e. The first-order valence-corrected chi connectivity index (χ1v) is 8.45. The van der Waals surface area contributed by atoms with Crippen LogP contribution in [0.4, 0.5) is 0 Å². The number of amides is 1. The first-order valence-electron chi connectivity index (χ1n) is 8.45. The van der Waals surface area contributed by atoms with Gasteiger partial charge in [0.25, 0.3) is 0 Å². The predicted molar refractivity (Wildman–Crippen MR) is 85.0 cm³/mol. The molecule has 0 radical (unpaired) electrons. The number of aliphatic hydroxyl groups is 6. The van der Waals surface area contributed by atoms with Crippen molar-refractivity contribution in [2.75, 3.05) is 20.3 Å². The molecule has 10 atom stereocenters. The number of hydrogen-bond acceptors (Lipinski definition) is 11. The summed E-state index contributed by atoms with van der Waals surface area (Å²) < 4.78 is 21.3. The Labute approximate surface area is 155 Å². The van der Waals surface area contributed by atoms with Crippen LogP contribution >= 0.6 is 0 Å². The fourth-order valence-corrected chi connectivity index (χ4v) is 3.16. The van der Waals surface area contributed by atoms with E-state index in [1.165, 1.54) is 14.0 Å². The molecule has 12 heteroatoms. The van der Waals surface area contributed by atoms with Crippen molar-refractivity contribution < 1.29 is 54.4 Å². The summed E-state index contributed by atoms with van der Waals surface area (Å²) in [5.41, 5.74) is 0. The highest BCUT2D eigenvalue weighted by Gasteiger charge is 2.51. The van der Waals surface area contributed by atoms with E-state index < -0.39 is 80.5 Å². The topological polar surface area (TPSA) is 187 Å². The van der Waals surface area contributed by atoms with Crippen molar-refractivity contribution in [2.45, 2.75) is 68.3 Å². The smallest absolute Gasteiger partial charge is 0.217 e. The van der Waals surface area contributed by atoms with E-state index in [9.17, 15) is 35.4 Å². The number of carbonyl (C=O) groups excluding carboxylic acids is 1. The van der Waals surface area contributed by atoms with Crippen LogP contribution in [0.1, 0.15) is 6.92 Å². The van der Waals surface area contributed by atoms with Crippen LogP contribution in [0.25, 0.3) is 0 Å². The molecule has 27 heavy (non-hydrogen) atoms. The Morgan fingerprint density at radius 2 is 1.52 bits per heavy atom. The molecule has 158 valence electrons. The Balaban J connectivity index is 2.19. The zero-order valence-electron chi connectivity index (χ0n) is 14.9. The fraction of sp³-hybridized carbons (Fsp3) is 0.933. The first-order chi connectivity index (χ1) is 12.7. The van der Waals surface area contributed by atoms with E-state index in [0.29, 0.717) is 0 Å². The van der Waals surface area contributed by atoms with Gasteiger partial charge in [-0.3, -0.25) is 4.79 Å². The van der Waals surface area contributed by atoms with Crippen LogP contribution in [0.5, 0.6) is 0 Å². The molecule has 0 bridgehead atoms. The Hall–Kier alpha value is -0.930. The van der Waals surface area contributed by atoms with Gasteiger partial charge in [-0.1, -0.05) is 0 Å². The lowest BCUT2D eigenvalue weighted by Gasteiger charge is -2.46. The molecule has 2 fully saturated rings. The number of hydrogen-bond donors (Lipinski definition) is 7. The summed E-state index contributed by atoms with van der Waals surface area (Å²) >= 11 is 0. The molecule has 2 rings (SSSR count). The molecule has 0 aliphatic carbocycles. The summed E-state index contributed by atoms with van der Waals surface area (Å²) in [7, 11) is 1.29. The van der Waals surface area contributed by atoms with E-state index >= 15 is 0 Å². The Kier molecular flexibility index (Phi) is 7.88. The van der Waals surface area contributed by atoms with E-state index in [-0.39, 0.29) is 0 Å². The van der Waals surface area contributed by atoms with Crippen LogP contribution < -0.4 is 5.32 Å². The van der Waals surface area contributed by atoms with Gasteiger partial charge in [-0.25, -0.2) is 0 Å². The van der Waals surface area contributed by atoms with E-state index in [4.69, 9.17) is 18.9 Å². The standard InChI is InChI=1S/C15H27NO11/c1-5(19)16-8-10(21)13(7(4-18)26-14(8)24-2)27-15-12(23)11(22)9(20)6(3-17)25-15/h6-15,17-18,20-23H,3-4H2,1-2H3,(H,16,19)/t6-,7-,8-,9-,10+,11-,12-,13+,14+,15-/m0/s1. The quantitative estimate of drug-likeness (QED) is 0.228. The number of carbonyl (C=O) groups is 1. The SMILES string of the molecule is CO[C@@H]1O[C@@H](CO)[C@@H](O[C@@H]2O[C@@H](CO)[C@H](O)[C@H](O)[C@@H]2O)[C@H](O)[C@@H]1NC(C)=O. The Bertz CT molecular complexity index is 492. The normalized spacial score (nSPS) is 45.5. The zero-order valence-corrected chi connectivity index (χ0v) is 14.9. The van der Waals surface area contributed by atoms with Gasteiger partial charge in [0, 0.05) is 14.0 Å². The van der Waals surface area contributed by atoms with Gasteiger partial charge < -0.3 is 54.9 Å². The molecule has 0 aromatic rings. The van der Waals surface area contributed by atoms with Crippen molar-refractivity contribution in [3.8, 4) is 0 Å². The highest BCUT2D eigenvalue weighted by Crippen LogP contribution is 2.29. The molecule has 0 saturated carbocycles. The maximum Gasteiger partial charge on any atom is 0.217 e. The highest BCUT2D eigenvalue weighted by molar-refractivity contribution is 5.73. The van der Waals surface area contributed by atoms with E-state index in [0.717, 1.165) is 0 Å². The molecular weight excluding hydrogens is 370 g/mol. The number of rotatable bonds is 6.